The molecule has 0 atom stereocenters. The van der Waals surface area contributed by atoms with Crippen molar-refractivity contribution in [3.63, 3.8) is 0 Å². The van der Waals surface area contributed by atoms with Gasteiger partial charge in [0, 0.05) is 0 Å². The van der Waals surface area contributed by atoms with Crippen LogP contribution in [0.2, 0.25) is 0 Å². The summed E-state index contributed by atoms with van der Waals surface area (Å²) in [5.74, 6) is 0. The van der Waals surface area contributed by atoms with Crippen LogP contribution in [-0.4, -0.2) is 0 Å². The molecule has 1 saturated carbocycles. The van der Waals surface area contributed by atoms with E-state index in [4.69, 9.17) is 0 Å². The van der Waals surface area contributed by atoms with E-state index in [1.807, 2.05) is 0 Å². The standard InChI is InChI=1S/C16H19N/c17-12-16(9-3-4-10-16)15-8-7-13-5-1-2-6-14(13)11-15/h7-8,11H,1-6,9-10H2. The third-order valence-corrected chi connectivity index (χ3v) is 4.57. The first-order valence-corrected chi connectivity index (χ1v) is 6.88. The molecule has 0 N–H and O–H groups in total. The molecule has 2 aliphatic rings. The minimum atomic E-state index is -0.160. The summed E-state index contributed by atoms with van der Waals surface area (Å²) in [5, 5.41) is 9.52. The van der Waals surface area contributed by atoms with Crippen LogP contribution in [0.1, 0.15) is 55.2 Å². The van der Waals surface area contributed by atoms with Crippen LogP contribution in [0.25, 0.3) is 0 Å². The second-order valence-electron chi connectivity index (χ2n) is 5.59. The maximum atomic E-state index is 9.52. The number of nitriles is 1. The summed E-state index contributed by atoms with van der Waals surface area (Å²) < 4.78 is 0. The summed E-state index contributed by atoms with van der Waals surface area (Å²) in [6.45, 7) is 0. The maximum absolute atomic E-state index is 9.52. The Balaban J connectivity index is 2.01. The Hall–Kier alpha value is -1.29. The molecule has 0 radical (unpaired) electrons. The summed E-state index contributed by atoms with van der Waals surface area (Å²) in [7, 11) is 0. The fraction of sp³-hybridized carbons (Fsp3) is 0.562. The average Bonchev–Trinajstić information content (AvgIpc) is 2.88. The first-order valence-electron chi connectivity index (χ1n) is 6.88. The predicted molar refractivity (Wildman–Crippen MR) is 68.8 cm³/mol. The van der Waals surface area contributed by atoms with E-state index in [9.17, 15) is 5.26 Å². The lowest BCUT2D eigenvalue weighted by atomic mass is 9.78. The van der Waals surface area contributed by atoms with Crippen molar-refractivity contribution in [1.82, 2.24) is 0 Å². The topological polar surface area (TPSA) is 23.8 Å². The van der Waals surface area contributed by atoms with E-state index in [0.29, 0.717) is 0 Å². The second kappa shape index (κ2) is 4.18. The molecule has 0 amide bonds. The first-order chi connectivity index (χ1) is 8.34. The zero-order valence-corrected chi connectivity index (χ0v) is 10.3. The molecule has 0 bridgehead atoms. The number of fused-ring (bicyclic) bond motifs is 1. The van der Waals surface area contributed by atoms with Crippen LogP contribution in [0.3, 0.4) is 0 Å². The molecule has 0 unspecified atom stereocenters. The van der Waals surface area contributed by atoms with Gasteiger partial charge in [0.2, 0.25) is 0 Å². The Kier molecular flexibility index (Phi) is 2.67. The number of aryl methyl sites for hydroxylation is 2. The summed E-state index contributed by atoms with van der Waals surface area (Å²) in [4.78, 5) is 0. The molecule has 1 aromatic carbocycles. The van der Waals surface area contributed by atoms with Gasteiger partial charge in [0.1, 0.15) is 0 Å². The molecule has 0 aliphatic heterocycles. The number of rotatable bonds is 1. The van der Waals surface area contributed by atoms with Crippen LogP contribution >= 0.6 is 0 Å². The number of benzene rings is 1. The Morgan fingerprint density at radius 1 is 0.941 bits per heavy atom. The molecule has 1 heteroatoms. The van der Waals surface area contributed by atoms with Gasteiger partial charge in [-0.2, -0.15) is 5.26 Å². The van der Waals surface area contributed by atoms with E-state index in [0.717, 1.165) is 12.8 Å². The number of hydrogen-bond acceptors (Lipinski definition) is 1. The summed E-state index contributed by atoms with van der Waals surface area (Å²) >= 11 is 0. The summed E-state index contributed by atoms with van der Waals surface area (Å²) in [6.07, 6.45) is 9.63. The van der Waals surface area contributed by atoms with Gasteiger partial charge in [-0.15, -0.1) is 0 Å². The molecular formula is C16H19N. The lowest BCUT2D eigenvalue weighted by molar-refractivity contribution is 0.569. The molecular weight excluding hydrogens is 206 g/mol. The largest absolute Gasteiger partial charge is 0.197 e. The van der Waals surface area contributed by atoms with Crippen molar-refractivity contribution in [3.8, 4) is 6.07 Å². The number of hydrogen-bond donors (Lipinski definition) is 0. The molecule has 0 saturated heterocycles. The quantitative estimate of drug-likeness (QED) is 0.711. The SMILES string of the molecule is N#CC1(c2ccc3c(c2)CCCC3)CCCC1. The molecule has 0 aromatic heterocycles. The molecule has 1 nitrogen and oxygen atoms in total. The summed E-state index contributed by atoms with van der Waals surface area (Å²) in [5.41, 5.74) is 4.16. The van der Waals surface area contributed by atoms with E-state index >= 15 is 0 Å². The van der Waals surface area contributed by atoms with Crippen molar-refractivity contribution >= 4 is 0 Å². The van der Waals surface area contributed by atoms with Crippen molar-refractivity contribution in [1.29, 1.82) is 5.26 Å². The van der Waals surface area contributed by atoms with Crippen molar-refractivity contribution in [2.24, 2.45) is 0 Å². The van der Waals surface area contributed by atoms with Crippen LogP contribution < -0.4 is 0 Å². The van der Waals surface area contributed by atoms with Gasteiger partial charge in [0.25, 0.3) is 0 Å². The smallest absolute Gasteiger partial charge is 0.0822 e. The van der Waals surface area contributed by atoms with Crippen LogP contribution in [0.15, 0.2) is 18.2 Å². The highest BCUT2D eigenvalue weighted by molar-refractivity contribution is 5.41. The first kappa shape index (κ1) is 10.8. The second-order valence-corrected chi connectivity index (χ2v) is 5.59. The lowest BCUT2D eigenvalue weighted by Gasteiger charge is -2.24. The Labute approximate surface area is 103 Å². The third-order valence-electron chi connectivity index (χ3n) is 4.57. The minimum absolute atomic E-state index is 0.160. The van der Waals surface area contributed by atoms with Gasteiger partial charge >= 0.3 is 0 Å². The molecule has 1 fully saturated rings. The van der Waals surface area contributed by atoms with Crippen molar-refractivity contribution in [3.05, 3.63) is 34.9 Å². The summed E-state index contributed by atoms with van der Waals surface area (Å²) in [6, 6.07) is 9.44. The molecule has 2 aliphatic carbocycles. The van der Waals surface area contributed by atoms with E-state index in [2.05, 4.69) is 24.3 Å². The Morgan fingerprint density at radius 3 is 2.35 bits per heavy atom. The van der Waals surface area contributed by atoms with E-state index < -0.39 is 0 Å². The van der Waals surface area contributed by atoms with Gasteiger partial charge in [-0.1, -0.05) is 31.0 Å². The normalized spacial score (nSPS) is 21.8. The molecule has 1 aromatic rings. The Morgan fingerprint density at radius 2 is 1.65 bits per heavy atom. The van der Waals surface area contributed by atoms with Gasteiger partial charge < -0.3 is 0 Å². The van der Waals surface area contributed by atoms with E-state index in [1.54, 1.807) is 0 Å². The predicted octanol–water partition coefficient (Wildman–Crippen LogP) is 3.90. The van der Waals surface area contributed by atoms with Gasteiger partial charge in [-0.05, 0) is 55.2 Å². The highest BCUT2D eigenvalue weighted by atomic mass is 14.4. The van der Waals surface area contributed by atoms with Gasteiger partial charge in [0.05, 0.1) is 11.5 Å². The van der Waals surface area contributed by atoms with Crippen molar-refractivity contribution in [2.75, 3.05) is 0 Å². The lowest BCUT2D eigenvalue weighted by Crippen LogP contribution is -2.20. The van der Waals surface area contributed by atoms with Gasteiger partial charge in [-0.3, -0.25) is 0 Å². The molecule has 0 spiro atoms. The van der Waals surface area contributed by atoms with Gasteiger partial charge in [0.15, 0.2) is 0 Å². The van der Waals surface area contributed by atoms with Crippen LogP contribution in [0, 0.1) is 11.3 Å². The van der Waals surface area contributed by atoms with E-state index in [1.165, 1.54) is 55.2 Å². The zero-order valence-electron chi connectivity index (χ0n) is 10.3. The van der Waals surface area contributed by atoms with E-state index in [-0.39, 0.29) is 5.41 Å². The van der Waals surface area contributed by atoms with Crippen LogP contribution in [0.5, 0.6) is 0 Å². The number of nitrogens with zero attached hydrogens (tertiary/aromatic N) is 1. The van der Waals surface area contributed by atoms with Gasteiger partial charge in [-0.25, -0.2) is 0 Å². The van der Waals surface area contributed by atoms with Crippen LogP contribution in [-0.2, 0) is 18.3 Å². The average molecular weight is 225 g/mol. The fourth-order valence-corrected chi connectivity index (χ4v) is 3.47. The highest BCUT2D eigenvalue weighted by Crippen LogP contribution is 2.41. The molecule has 0 heterocycles. The molecule has 88 valence electrons. The highest BCUT2D eigenvalue weighted by Gasteiger charge is 2.36. The maximum Gasteiger partial charge on any atom is 0.0822 e. The zero-order chi connectivity index (χ0) is 11.7. The molecule has 17 heavy (non-hydrogen) atoms. The van der Waals surface area contributed by atoms with Crippen molar-refractivity contribution in [2.45, 2.75) is 56.8 Å². The monoisotopic (exact) mass is 225 g/mol. The fourth-order valence-electron chi connectivity index (χ4n) is 3.47. The molecule has 3 rings (SSSR count). The minimum Gasteiger partial charge on any atom is -0.197 e. The third kappa shape index (κ3) is 1.76. The van der Waals surface area contributed by atoms with Crippen molar-refractivity contribution < 1.29 is 0 Å². The van der Waals surface area contributed by atoms with Crippen LogP contribution in [0.4, 0.5) is 0 Å². The Bertz CT molecular complexity index is 461.